The molecule has 31 heavy (non-hydrogen) atoms. The number of aliphatic hydroxyl groups is 1. The summed E-state index contributed by atoms with van der Waals surface area (Å²) in [5.41, 5.74) is 3.65. The summed E-state index contributed by atoms with van der Waals surface area (Å²) in [6.45, 7) is 0. The number of nitrogens with one attached hydrogen (secondary N) is 1. The van der Waals surface area contributed by atoms with Gasteiger partial charge in [0.25, 0.3) is 0 Å². The van der Waals surface area contributed by atoms with Gasteiger partial charge in [0.15, 0.2) is 0 Å². The highest BCUT2D eigenvalue weighted by Crippen LogP contribution is 2.41. The van der Waals surface area contributed by atoms with Gasteiger partial charge in [-0.15, -0.1) is 0 Å². The Morgan fingerprint density at radius 3 is 2.39 bits per heavy atom. The van der Waals surface area contributed by atoms with E-state index in [1.807, 2.05) is 65.4 Å². The van der Waals surface area contributed by atoms with E-state index in [0.717, 1.165) is 21.8 Å². The molecule has 4 aromatic rings. The third-order valence-corrected chi connectivity index (χ3v) is 6.11. The van der Waals surface area contributed by atoms with E-state index in [-0.39, 0.29) is 17.2 Å². The first-order valence-corrected chi connectivity index (χ1v) is 10.2. The first-order chi connectivity index (χ1) is 15.1. The van der Waals surface area contributed by atoms with Crippen LogP contribution < -0.4 is 0 Å². The number of hydrogen-bond donors (Lipinski definition) is 2. The Morgan fingerprint density at radius 1 is 0.903 bits per heavy atom. The maximum Gasteiger partial charge on any atom is 0.347 e. The van der Waals surface area contributed by atoms with Gasteiger partial charge in [-0.2, -0.15) is 0 Å². The van der Waals surface area contributed by atoms with Crippen molar-refractivity contribution >= 4 is 44.9 Å². The lowest BCUT2D eigenvalue weighted by molar-refractivity contribution is -0.149. The molecule has 6 rings (SSSR count). The van der Waals surface area contributed by atoms with E-state index in [1.54, 1.807) is 12.3 Å². The molecule has 0 bridgehead atoms. The average molecular weight is 410 g/mol. The number of allylic oxidation sites excluding steroid dienone is 1. The van der Waals surface area contributed by atoms with Crippen molar-refractivity contribution in [3.8, 4) is 0 Å². The van der Waals surface area contributed by atoms with Crippen LogP contribution in [0.25, 0.3) is 33.0 Å². The van der Waals surface area contributed by atoms with Crippen molar-refractivity contribution in [3.63, 3.8) is 0 Å². The standard InChI is InChI=1S/C25H18N2O4/c28-15-10-9-14(11-15)27-13-19(17-6-2-4-8-21(17)27)23-22(24(29)31-25(23)30)18-12-26-20-7-3-1-5-16(18)20/h1-10,12-15,26,28H,11H2. The minimum absolute atomic E-state index is 0.0288. The Balaban J connectivity index is 1.63. The van der Waals surface area contributed by atoms with E-state index >= 15 is 0 Å². The van der Waals surface area contributed by atoms with Crippen LogP contribution in [0, 0.1) is 0 Å². The van der Waals surface area contributed by atoms with Crippen molar-refractivity contribution in [2.45, 2.75) is 18.6 Å². The molecule has 2 atom stereocenters. The molecule has 152 valence electrons. The molecule has 1 aliphatic carbocycles. The number of para-hydroxylation sites is 2. The van der Waals surface area contributed by atoms with Crippen LogP contribution in [0.1, 0.15) is 23.6 Å². The quantitative estimate of drug-likeness (QED) is 0.304. The molecule has 1 aliphatic heterocycles. The number of cyclic esters (lactones) is 2. The summed E-state index contributed by atoms with van der Waals surface area (Å²) in [5.74, 6) is -1.28. The fourth-order valence-electron chi connectivity index (χ4n) is 4.70. The van der Waals surface area contributed by atoms with Gasteiger partial charge in [-0.1, -0.05) is 48.6 Å². The SMILES string of the molecule is O=C1OC(=O)C(c2cn(C3C=CC(O)C3)c3ccccc23)=C1c1c[nH]c2ccccc12. The Labute approximate surface area is 177 Å². The summed E-state index contributed by atoms with van der Waals surface area (Å²) in [7, 11) is 0. The predicted molar refractivity (Wildman–Crippen MR) is 117 cm³/mol. The van der Waals surface area contributed by atoms with E-state index in [4.69, 9.17) is 4.74 Å². The molecule has 2 aromatic heterocycles. The molecular weight excluding hydrogens is 392 g/mol. The normalized spacial score (nSPS) is 21.1. The molecule has 0 fully saturated rings. The number of aromatic amines is 1. The lowest BCUT2D eigenvalue weighted by atomic mass is 9.95. The van der Waals surface area contributed by atoms with Crippen LogP contribution in [-0.2, 0) is 14.3 Å². The van der Waals surface area contributed by atoms with Gasteiger partial charge in [0.05, 0.1) is 23.3 Å². The second kappa shape index (κ2) is 6.55. The van der Waals surface area contributed by atoms with Crippen molar-refractivity contribution in [1.82, 2.24) is 9.55 Å². The number of benzene rings is 2. The minimum atomic E-state index is -0.643. The number of ether oxygens (including phenoxy) is 1. The molecule has 0 radical (unpaired) electrons. The van der Waals surface area contributed by atoms with Crippen molar-refractivity contribution in [2.24, 2.45) is 0 Å². The average Bonchev–Trinajstić information content (AvgIpc) is 3.52. The first-order valence-electron chi connectivity index (χ1n) is 10.2. The summed E-state index contributed by atoms with van der Waals surface area (Å²) in [4.78, 5) is 28.8. The van der Waals surface area contributed by atoms with Crippen LogP contribution in [-0.4, -0.2) is 32.7 Å². The fourth-order valence-corrected chi connectivity index (χ4v) is 4.70. The molecule has 2 aliphatic rings. The molecule has 2 N–H and O–H groups in total. The topological polar surface area (TPSA) is 84.3 Å². The third kappa shape index (κ3) is 2.62. The zero-order chi connectivity index (χ0) is 21.1. The van der Waals surface area contributed by atoms with Gasteiger partial charge < -0.3 is 19.4 Å². The molecule has 0 saturated carbocycles. The van der Waals surface area contributed by atoms with Crippen molar-refractivity contribution in [1.29, 1.82) is 0 Å². The van der Waals surface area contributed by atoms with E-state index in [1.165, 1.54) is 0 Å². The number of hydrogen-bond acceptors (Lipinski definition) is 4. The minimum Gasteiger partial charge on any atom is -0.389 e. The van der Waals surface area contributed by atoms with Gasteiger partial charge in [0.2, 0.25) is 0 Å². The maximum absolute atomic E-state index is 12.9. The number of carbonyl (C=O) groups is 2. The van der Waals surface area contributed by atoms with E-state index < -0.39 is 18.0 Å². The van der Waals surface area contributed by atoms with Gasteiger partial charge >= 0.3 is 11.9 Å². The van der Waals surface area contributed by atoms with Gasteiger partial charge in [-0.3, -0.25) is 0 Å². The van der Waals surface area contributed by atoms with Gasteiger partial charge in [0.1, 0.15) is 0 Å². The van der Waals surface area contributed by atoms with Gasteiger partial charge in [-0.25, -0.2) is 9.59 Å². The summed E-state index contributed by atoms with van der Waals surface area (Å²) >= 11 is 0. The number of fused-ring (bicyclic) bond motifs is 2. The van der Waals surface area contributed by atoms with Crippen molar-refractivity contribution in [3.05, 3.63) is 84.2 Å². The Hall–Kier alpha value is -3.90. The number of esters is 2. The maximum atomic E-state index is 12.9. The first kappa shape index (κ1) is 17.9. The van der Waals surface area contributed by atoms with Crippen LogP contribution in [0.5, 0.6) is 0 Å². The number of nitrogens with zero attached hydrogens (tertiary/aromatic N) is 1. The zero-order valence-corrected chi connectivity index (χ0v) is 16.4. The van der Waals surface area contributed by atoms with E-state index in [2.05, 4.69) is 4.98 Å². The van der Waals surface area contributed by atoms with Crippen LogP contribution in [0.15, 0.2) is 73.1 Å². The molecule has 2 aromatic carbocycles. The summed E-state index contributed by atoms with van der Waals surface area (Å²) in [6, 6.07) is 15.4. The van der Waals surface area contributed by atoms with Crippen LogP contribution in [0.4, 0.5) is 0 Å². The largest absolute Gasteiger partial charge is 0.389 e. The summed E-state index contributed by atoms with van der Waals surface area (Å²) < 4.78 is 7.13. The highest BCUT2D eigenvalue weighted by Gasteiger charge is 2.37. The van der Waals surface area contributed by atoms with Crippen LogP contribution in [0.2, 0.25) is 0 Å². The molecule has 3 heterocycles. The number of rotatable bonds is 3. The molecule has 6 heteroatoms. The fraction of sp³-hybridized carbons (Fsp3) is 0.120. The van der Waals surface area contributed by atoms with Gasteiger partial charge in [-0.05, 0) is 12.1 Å². The molecular formula is C25H18N2O4. The second-order valence-corrected chi connectivity index (χ2v) is 7.90. The predicted octanol–water partition coefficient (Wildman–Crippen LogP) is 3.98. The zero-order valence-electron chi connectivity index (χ0n) is 16.4. The van der Waals surface area contributed by atoms with Crippen LogP contribution in [0.3, 0.4) is 0 Å². The monoisotopic (exact) mass is 410 g/mol. The highest BCUT2D eigenvalue weighted by atomic mass is 16.6. The number of carbonyl (C=O) groups excluding carboxylic acids is 2. The third-order valence-electron chi connectivity index (χ3n) is 6.11. The second-order valence-electron chi connectivity index (χ2n) is 7.90. The Morgan fingerprint density at radius 2 is 1.61 bits per heavy atom. The summed E-state index contributed by atoms with van der Waals surface area (Å²) in [6.07, 6.45) is 7.46. The molecule has 0 spiro atoms. The number of H-pyrrole nitrogens is 1. The van der Waals surface area contributed by atoms with E-state index in [0.29, 0.717) is 17.5 Å². The lowest BCUT2D eigenvalue weighted by Gasteiger charge is -2.12. The number of aromatic nitrogens is 2. The summed E-state index contributed by atoms with van der Waals surface area (Å²) in [5, 5.41) is 11.7. The van der Waals surface area contributed by atoms with Crippen molar-refractivity contribution in [2.75, 3.05) is 0 Å². The smallest absolute Gasteiger partial charge is 0.347 e. The Bertz CT molecular complexity index is 1450. The molecule has 0 amide bonds. The Kier molecular flexibility index (Phi) is 3.79. The van der Waals surface area contributed by atoms with E-state index in [9.17, 15) is 14.7 Å². The van der Waals surface area contributed by atoms with Crippen molar-refractivity contribution < 1.29 is 19.4 Å². The molecule has 2 unspecified atom stereocenters. The lowest BCUT2D eigenvalue weighted by Crippen LogP contribution is -2.07. The van der Waals surface area contributed by atoms with Gasteiger partial charge in [0, 0.05) is 51.7 Å². The van der Waals surface area contributed by atoms with Crippen LogP contribution >= 0.6 is 0 Å². The molecule has 0 saturated heterocycles. The molecule has 6 nitrogen and oxygen atoms in total. The highest BCUT2D eigenvalue weighted by molar-refractivity contribution is 6.46. The number of aliphatic hydroxyl groups excluding tert-OH is 1.